The van der Waals surface area contributed by atoms with Gasteiger partial charge in [0.15, 0.2) is 11.5 Å². The molecule has 1 aliphatic rings. The molecule has 0 fully saturated rings. The molecule has 0 atom stereocenters. The Hall–Kier alpha value is -1.95. The van der Waals surface area contributed by atoms with Gasteiger partial charge in [0.25, 0.3) is 0 Å². The second-order valence-electron chi connectivity index (χ2n) is 3.19. The summed E-state index contributed by atoms with van der Waals surface area (Å²) >= 11 is 0. The van der Waals surface area contributed by atoms with Crippen molar-refractivity contribution < 1.29 is 9.47 Å². The smallest absolute Gasteiger partial charge is 0.162 e. The normalized spacial score (nSPS) is 14.6. The van der Waals surface area contributed by atoms with E-state index >= 15 is 0 Å². The van der Waals surface area contributed by atoms with Crippen molar-refractivity contribution in [2.45, 2.75) is 0 Å². The second kappa shape index (κ2) is 4.71. The standard InChI is InChI=1S/C10H14N4O2/c1-15-9-4-3-8(5-10(9)16-2)13-14-7-11-6-12-14/h3-6,13H,7H2,1-2H3,(H,11,12). The van der Waals surface area contributed by atoms with Crippen molar-refractivity contribution in [1.29, 1.82) is 0 Å². The highest BCUT2D eigenvalue weighted by molar-refractivity contribution is 5.57. The first-order valence-corrected chi connectivity index (χ1v) is 4.84. The van der Waals surface area contributed by atoms with Crippen LogP contribution in [0.4, 0.5) is 5.69 Å². The van der Waals surface area contributed by atoms with Crippen molar-refractivity contribution in [1.82, 2.24) is 10.5 Å². The van der Waals surface area contributed by atoms with Crippen molar-refractivity contribution in [3.63, 3.8) is 0 Å². The molecule has 0 amide bonds. The molecular weight excluding hydrogens is 208 g/mol. The monoisotopic (exact) mass is 222 g/mol. The van der Waals surface area contributed by atoms with Gasteiger partial charge in [-0.1, -0.05) is 0 Å². The molecule has 2 rings (SSSR count). The topological polar surface area (TPSA) is 58.1 Å². The van der Waals surface area contributed by atoms with Gasteiger partial charge < -0.3 is 9.47 Å². The summed E-state index contributed by atoms with van der Waals surface area (Å²) in [6.45, 7) is 0.564. The quantitative estimate of drug-likeness (QED) is 0.790. The summed E-state index contributed by atoms with van der Waals surface area (Å²) < 4.78 is 10.4. The third kappa shape index (κ3) is 2.17. The molecule has 0 radical (unpaired) electrons. The van der Waals surface area contributed by atoms with Crippen LogP contribution < -0.4 is 20.3 Å². The highest BCUT2D eigenvalue weighted by Crippen LogP contribution is 2.29. The van der Waals surface area contributed by atoms with E-state index in [2.05, 4.69) is 15.8 Å². The van der Waals surface area contributed by atoms with E-state index in [1.54, 1.807) is 25.7 Å². The lowest BCUT2D eigenvalue weighted by molar-refractivity contribution is 0.326. The molecule has 0 aliphatic carbocycles. The Labute approximate surface area is 93.8 Å². The molecule has 0 bridgehead atoms. The van der Waals surface area contributed by atoms with Gasteiger partial charge in [0.2, 0.25) is 0 Å². The van der Waals surface area contributed by atoms with Gasteiger partial charge in [-0.3, -0.25) is 15.8 Å². The molecule has 2 N–H and O–H groups in total. The fourth-order valence-electron chi connectivity index (χ4n) is 1.40. The highest BCUT2D eigenvalue weighted by Gasteiger charge is 2.08. The van der Waals surface area contributed by atoms with E-state index in [1.165, 1.54) is 0 Å². The van der Waals surface area contributed by atoms with E-state index in [0.717, 1.165) is 5.69 Å². The number of benzene rings is 1. The third-order valence-electron chi connectivity index (χ3n) is 2.18. The van der Waals surface area contributed by atoms with Crippen molar-refractivity contribution >= 4 is 12.0 Å². The van der Waals surface area contributed by atoms with Crippen LogP contribution in [0.2, 0.25) is 0 Å². The lowest BCUT2D eigenvalue weighted by Gasteiger charge is -2.18. The van der Waals surface area contributed by atoms with E-state index in [1.807, 2.05) is 18.2 Å². The molecule has 0 saturated carbocycles. The van der Waals surface area contributed by atoms with E-state index in [-0.39, 0.29) is 0 Å². The van der Waals surface area contributed by atoms with Gasteiger partial charge in [0, 0.05) is 6.07 Å². The molecule has 1 aliphatic heterocycles. The Kier molecular flexibility index (Phi) is 3.11. The zero-order valence-electron chi connectivity index (χ0n) is 9.23. The molecule has 1 aromatic rings. The van der Waals surface area contributed by atoms with Crippen molar-refractivity contribution in [3.05, 3.63) is 18.2 Å². The van der Waals surface area contributed by atoms with Gasteiger partial charge in [-0.05, 0) is 12.1 Å². The first kappa shape index (κ1) is 10.6. The van der Waals surface area contributed by atoms with Crippen LogP contribution in [-0.2, 0) is 0 Å². The average molecular weight is 222 g/mol. The van der Waals surface area contributed by atoms with Gasteiger partial charge in [0.05, 0.1) is 19.9 Å². The van der Waals surface area contributed by atoms with Crippen LogP contribution in [0.5, 0.6) is 11.5 Å². The number of nitrogens with zero attached hydrogens (tertiary/aromatic N) is 2. The Balaban J connectivity index is 2.09. The summed E-state index contributed by atoms with van der Waals surface area (Å²) in [6.07, 6.45) is 1.63. The lowest BCUT2D eigenvalue weighted by Crippen LogP contribution is -2.36. The van der Waals surface area contributed by atoms with Gasteiger partial charge >= 0.3 is 0 Å². The Morgan fingerprint density at radius 1 is 1.31 bits per heavy atom. The van der Waals surface area contributed by atoms with Crippen LogP contribution in [0.25, 0.3) is 0 Å². The number of aliphatic imine (C=N–C) groups is 1. The molecule has 0 saturated heterocycles. The minimum atomic E-state index is 0.564. The van der Waals surface area contributed by atoms with Crippen LogP contribution in [-0.4, -0.2) is 32.3 Å². The molecule has 0 spiro atoms. The molecule has 16 heavy (non-hydrogen) atoms. The number of hydrogen-bond acceptors (Lipinski definition) is 6. The second-order valence-corrected chi connectivity index (χ2v) is 3.19. The summed E-state index contributed by atoms with van der Waals surface area (Å²) in [6, 6.07) is 5.61. The predicted octanol–water partition coefficient (Wildman–Crippen LogP) is 0.837. The Bertz CT molecular complexity index is 386. The molecule has 1 aromatic carbocycles. The number of rotatable bonds is 4. The zero-order chi connectivity index (χ0) is 11.4. The van der Waals surface area contributed by atoms with E-state index in [4.69, 9.17) is 9.47 Å². The number of hydrazine groups is 2. The fourth-order valence-corrected chi connectivity index (χ4v) is 1.40. The van der Waals surface area contributed by atoms with E-state index in [0.29, 0.717) is 18.2 Å². The summed E-state index contributed by atoms with van der Waals surface area (Å²) in [5.41, 5.74) is 6.96. The molecule has 6 nitrogen and oxygen atoms in total. The zero-order valence-corrected chi connectivity index (χ0v) is 9.23. The van der Waals surface area contributed by atoms with Crippen LogP contribution in [0, 0.1) is 0 Å². The summed E-state index contributed by atoms with van der Waals surface area (Å²) in [5, 5.41) is 1.75. The largest absolute Gasteiger partial charge is 0.493 e. The third-order valence-corrected chi connectivity index (χ3v) is 2.18. The minimum absolute atomic E-state index is 0.564. The lowest BCUT2D eigenvalue weighted by atomic mass is 10.3. The number of anilines is 1. The first-order valence-electron chi connectivity index (χ1n) is 4.84. The van der Waals surface area contributed by atoms with Crippen LogP contribution >= 0.6 is 0 Å². The molecular formula is C10H14N4O2. The number of methoxy groups -OCH3 is 2. The summed E-state index contributed by atoms with van der Waals surface area (Å²) in [4.78, 5) is 4.01. The summed E-state index contributed by atoms with van der Waals surface area (Å²) in [5.74, 6) is 1.39. The maximum absolute atomic E-state index is 5.21. The average Bonchev–Trinajstić information content (AvgIpc) is 2.81. The maximum Gasteiger partial charge on any atom is 0.162 e. The van der Waals surface area contributed by atoms with Gasteiger partial charge in [0.1, 0.15) is 13.0 Å². The highest BCUT2D eigenvalue weighted by atomic mass is 16.5. The molecule has 0 unspecified atom stereocenters. The van der Waals surface area contributed by atoms with Crippen molar-refractivity contribution in [2.24, 2.45) is 4.99 Å². The Morgan fingerprint density at radius 2 is 2.12 bits per heavy atom. The summed E-state index contributed by atoms with van der Waals surface area (Å²) in [7, 11) is 3.22. The number of nitrogens with one attached hydrogen (secondary N) is 2. The molecule has 6 heteroatoms. The van der Waals surface area contributed by atoms with Gasteiger partial charge in [-0.25, -0.2) is 0 Å². The SMILES string of the molecule is COc1ccc(NN2CN=CN2)cc1OC. The molecule has 86 valence electrons. The number of ether oxygens (including phenoxy) is 2. The van der Waals surface area contributed by atoms with E-state index < -0.39 is 0 Å². The number of hydrogen-bond donors (Lipinski definition) is 2. The van der Waals surface area contributed by atoms with Crippen molar-refractivity contribution in [2.75, 3.05) is 26.3 Å². The Morgan fingerprint density at radius 3 is 2.75 bits per heavy atom. The maximum atomic E-state index is 5.21. The van der Waals surface area contributed by atoms with Gasteiger partial charge in [-0.15, -0.1) is 5.12 Å². The fraction of sp³-hybridized carbons (Fsp3) is 0.300. The predicted molar refractivity (Wildman–Crippen MR) is 61.5 cm³/mol. The van der Waals surface area contributed by atoms with Gasteiger partial charge in [-0.2, -0.15) is 0 Å². The van der Waals surface area contributed by atoms with Crippen LogP contribution in [0.15, 0.2) is 23.2 Å². The first-order chi connectivity index (χ1) is 7.83. The van der Waals surface area contributed by atoms with E-state index in [9.17, 15) is 0 Å². The van der Waals surface area contributed by atoms with Crippen molar-refractivity contribution in [3.8, 4) is 11.5 Å². The van der Waals surface area contributed by atoms with Crippen LogP contribution in [0.1, 0.15) is 0 Å². The van der Waals surface area contributed by atoms with Crippen LogP contribution in [0.3, 0.4) is 0 Å². The minimum Gasteiger partial charge on any atom is -0.493 e. The molecule has 1 heterocycles. The molecule has 0 aromatic heterocycles.